The standard InChI is InChI=1S/C24H22O3/c1-26-22-16-20(15-9-12-18-10-5-3-6-11-18)21(17-23(22)27-2)24(25)19-13-7-4-8-14-19/h3-14,16-17H,15H2,1-2H3/b12-9+. The van der Waals surface area contributed by atoms with Crippen molar-refractivity contribution in [3.63, 3.8) is 0 Å². The van der Waals surface area contributed by atoms with Crippen LogP contribution in [0.15, 0.2) is 78.9 Å². The fraction of sp³-hybridized carbons (Fsp3) is 0.125. The van der Waals surface area contributed by atoms with Gasteiger partial charge in [0.05, 0.1) is 14.2 Å². The van der Waals surface area contributed by atoms with Crippen molar-refractivity contribution in [1.29, 1.82) is 0 Å². The van der Waals surface area contributed by atoms with Gasteiger partial charge in [-0.1, -0.05) is 72.8 Å². The Kier molecular flexibility index (Phi) is 6.06. The zero-order valence-electron chi connectivity index (χ0n) is 15.5. The topological polar surface area (TPSA) is 35.5 Å². The molecule has 0 radical (unpaired) electrons. The Labute approximate surface area is 159 Å². The minimum absolute atomic E-state index is 0.0281. The summed E-state index contributed by atoms with van der Waals surface area (Å²) in [4.78, 5) is 13.0. The molecule has 0 aliphatic rings. The van der Waals surface area contributed by atoms with Crippen molar-refractivity contribution in [2.75, 3.05) is 14.2 Å². The molecule has 0 saturated heterocycles. The second-order valence-electron chi connectivity index (χ2n) is 6.08. The van der Waals surface area contributed by atoms with E-state index in [-0.39, 0.29) is 5.78 Å². The Balaban J connectivity index is 1.97. The van der Waals surface area contributed by atoms with Gasteiger partial charge in [0, 0.05) is 11.1 Å². The first kappa shape index (κ1) is 18.5. The van der Waals surface area contributed by atoms with Gasteiger partial charge < -0.3 is 9.47 Å². The van der Waals surface area contributed by atoms with E-state index in [2.05, 4.69) is 6.08 Å². The van der Waals surface area contributed by atoms with E-state index in [1.807, 2.05) is 72.8 Å². The summed E-state index contributed by atoms with van der Waals surface area (Å²) < 4.78 is 10.8. The summed E-state index contributed by atoms with van der Waals surface area (Å²) in [7, 11) is 3.17. The number of carbonyl (C=O) groups is 1. The summed E-state index contributed by atoms with van der Waals surface area (Å²) in [5, 5.41) is 0. The molecule has 3 aromatic carbocycles. The van der Waals surface area contributed by atoms with E-state index < -0.39 is 0 Å². The summed E-state index contributed by atoms with van der Waals surface area (Å²) in [6.07, 6.45) is 4.72. The van der Waals surface area contributed by atoms with Gasteiger partial charge in [0.25, 0.3) is 0 Å². The largest absolute Gasteiger partial charge is 0.493 e. The number of rotatable bonds is 7. The Morgan fingerprint density at radius 3 is 2.07 bits per heavy atom. The van der Waals surface area contributed by atoms with Crippen molar-refractivity contribution in [3.8, 4) is 11.5 Å². The van der Waals surface area contributed by atoms with Gasteiger partial charge in [-0.05, 0) is 29.7 Å². The van der Waals surface area contributed by atoms with E-state index in [4.69, 9.17) is 9.47 Å². The van der Waals surface area contributed by atoms with Crippen LogP contribution in [0, 0.1) is 0 Å². The summed E-state index contributed by atoms with van der Waals surface area (Å²) in [6, 6.07) is 23.0. The Morgan fingerprint density at radius 2 is 1.44 bits per heavy atom. The molecule has 0 aliphatic carbocycles. The van der Waals surface area contributed by atoms with Crippen LogP contribution in [-0.4, -0.2) is 20.0 Å². The van der Waals surface area contributed by atoms with Gasteiger partial charge in [0.2, 0.25) is 0 Å². The predicted octanol–water partition coefficient (Wildman–Crippen LogP) is 5.19. The van der Waals surface area contributed by atoms with E-state index in [0.717, 1.165) is 11.1 Å². The minimum atomic E-state index is -0.0281. The predicted molar refractivity (Wildman–Crippen MR) is 109 cm³/mol. The Bertz CT molecular complexity index is 929. The van der Waals surface area contributed by atoms with Crippen LogP contribution in [-0.2, 0) is 6.42 Å². The van der Waals surface area contributed by atoms with E-state index in [1.54, 1.807) is 20.3 Å². The van der Waals surface area contributed by atoms with Crippen molar-refractivity contribution < 1.29 is 14.3 Å². The third-order valence-electron chi connectivity index (χ3n) is 4.34. The zero-order chi connectivity index (χ0) is 19.1. The third-order valence-corrected chi connectivity index (χ3v) is 4.34. The van der Waals surface area contributed by atoms with Crippen LogP contribution < -0.4 is 9.47 Å². The molecule has 0 fully saturated rings. The summed E-state index contributed by atoms with van der Waals surface area (Å²) >= 11 is 0. The minimum Gasteiger partial charge on any atom is -0.493 e. The second kappa shape index (κ2) is 8.86. The molecule has 136 valence electrons. The molecule has 3 nitrogen and oxygen atoms in total. The summed E-state index contributed by atoms with van der Waals surface area (Å²) in [5.74, 6) is 1.14. The highest BCUT2D eigenvalue weighted by molar-refractivity contribution is 6.10. The molecule has 0 heterocycles. The molecule has 0 aromatic heterocycles. The zero-order valence-corrected chi connectivity index (χ0v) is 15.5. The fourth-order valence-corrected chi connectivity index (χ4v) is 2.93. The monoisotopic (exact) mass is 358 g/mol. The van der Waals surface area contributed by atoms with Crippen LogP contribution in [0.1, 0.15) is 27.0 Å². The van der Waals surface area contributed by atoms with Gasteiger partial charge in [0.1, 0.15) is 0 Å². The normalized spacial score (nSPS) is 10.7. The van der Waals surface area contributed by atoms with Crippen molar-refractivity contribution >= 4 is 11.9 Å². The maximum Gasteiger partial charge on any atom is 0.193 e. The number of hydrogen-bond acceptors (Lipinski definition) is 3. The molecule has 0 amide bonds. The van der Waals surface area contributed by atoms with Gasteiger partial charge in [-0.15, -0.1) is 0 Å². The van der Waals surface area contributed by atoms with Crippen LogP contribution >= 0.6 is 0 Å². The van der Waals surface area contributed by atoms with E-state index >= 15 is 0 Å². The van der Waals surface area contributed by atoms with Gasteiger partial charge in [0.15, 0.2) is 17.3 Å². The molecule has 0 N–H and O–H groups in total. The quantitative estimate of drug-likeness (QED) is 0.545. The highest BCUT2D eigenvalue weighted by Gasteiger charge is 2.17. The number of hydrogen-bond donors (Lipinski definition) is 0. The van der Waals surface area contributed by atoms with Gasteiger partial charge in [-0.2, -0.15) is 0 Å². The first-order chi connectivity index (χ1) is 13.2. The first-order valence-electron chi connectivity index (χ1n) is 8.79. The van der Waals surface area contributed by atoms with Gasteiger partial charge in [-0.25, -0.2) is 0 Å². The fourth-order valence-electron chi connectivity index (χ4n) is 2.93. The molecule has 0 saturated carbocycles. The molecule has 0 bridgehead atoms. The van der Waals surface area contributed by atoms with Crippen LogP contribution in [0.4, 0.5) is 0 Å². The number of methoxy groups -OCH3 is 2. The number of allylic oxidation sites excluding steroid dienone is 1. The molecule has 3 heteroatoms. The lowest BCUT2D eigenvalue weighted by Crippen LogP contribution is -2.07. The lowest BCUT2D eigenvalue weighted by Gasteiger charge is -2.14. The molecule has 27 heavy (non-hydrogen) atoms. The van der Waals surface area contributed by atoms with Crippen molar-refractivity contribution in [1.82, 2.24) is 0 Å². The SMILES string of the molecule is COc1cc(C/C=C/c2ccccc2)c(C(=O)c2ccccc2)cc1OC. The van der Waals surface area contributed by atoms with Gasteiger partial charge in [-0.3, -0.25) is 4.79 Å². The number of benzene rings is 3. The highest BCUT2D eigenvalue weighted by atomic mass is 16.5. The molecular formula is C24H22O3. The lowest BCUT2D eigenvalue weighted by atomic mass is 9.95. The molecule has 0 spiro atoms. The summed E-state index contributed by atoms with van der Waals surface area (Å²) in [6.45, 7) is 0. The molecule has 0 aliphatic heterocycles. The third kappa shape index (κ3) is 4.45. The Morgan fingerprint density at radius 1 is 0.852 bits per heavy atom. The lowest BCUT2D eigenvalue weighted by molar-refractivity contribution is 0.103. The highest BCUT2D eigenvalue weighted by Crippen LogP contribution is 2.32. The molecule has 3 aromatic rings. The van der Waals surface area contributed by atoms with Crippen molar-refractivity contribution in [2.24, 2.45) is 0 Å². The maximum absolute atomic E-state index is 13.0. The van der Waals surface area contributed by atoms with Gasteiger partial charge >= 0.3 is 0 Å². The van der Waals surface area contributed by atoms with Crippen LogP contribution in [0.25, 0.3) is 6.08 Å². The first-order valence-corrected chi connectivity index (χ1v) is 8.79. The number of carbonyl (C=O) groups excluding carboxylic acids is 1. The van der Waals surface area contributed by atoms with Crippen LogP contribution in [0.3, 0.4) is 0 Å². The van der Waals surface area contributed by atoms with E-state index in [1.165, 1.54) is 0 Å². The number of ketones is 1. The van der Waals surface area contributed by atoms with Crippen molar-refractivity contribution in [3.05, 3.63) is 101 Å². The van der Waals surface area contributed by atoms with Crippen LogP contribution in [0.5, 0.6) is 11.5 Å². The van der Waals surface area contributed by atoms with Crippen LogP contribution in [0.2, 0.25) is 0 Å². The maximum atomic E-state index is 13.0. The van der Waals surface area contributed by atoms with E-state index in [0.29, 0.717) is 29.0 Å². The molecule has 0 atom stereocenters. The molecule has 3 rings (SSSR count). The average molecular weight is 358 g/mol. The van der Waals surface area contributed by atoms with Crippen molar-refractivity contribution in [2.45, 2.75) is 6.42 Å². The molecule has 0 unspecified atom stereocenters. The Hall–Kier alpha value is -3.33. The second-order valence-corrected chi connectivity index (χ2v) is 6.08. The van der Waals surface area contributed by atoms with E-state index in [9.17, 15) is 4.79 Å². The summed E-state index contributed by atoms with van der Waals surface area (Å²) in [5.41, 5.74) is 3.29. The smallest absolute Gasteiger partial charge is 0.193 e. The number of ether oxygens (including phenoxy) is 2. The average Bonchev–Trinajstić information content (AvgIpc) is 2.74. The molecular weight excluding hydrogens is 336 g/mol.